The van der Waals surface area contributed by atoms with Crippen LogP contribution in [0.3, 0.4) is 0 Å². The maximum Gasteiger partial charge on any atom is 0.0977 e. The minimum atomic E-state index is 0.570. The number of thiazole rings is 1. The molecule has 3 nitrogen and oxygen atoms in total. The van der Waals surface area contributed by atoms with Crippen molar-refractivity contribution in [1.82, 2.24) is 10.3 Å². The summed E-state index contributed by atoms with van der Waals surface area (Å²) in [5, 5.41) is 5.45. The Bertz CT molecular complexity index is 610. The highest BCUT2D eigenvalue weighted by Gasteiger charge is 2.21. The molecule has 5 heteroatoms. The largest absolute Gasteiger partial charge is 0.378 e. The zero-order valence-corrected chi connectivity index (χ0v) is 13.6. The summed E-state index contributed by atoms with van der Waals surface area (Å²) in [7, 11) is 1.71. The molecular formula is C16H19ClN2OS. The van der Waals surface area contributed by atoms with Gasteiger partial charge in [0.05, 0.1) is 17.3 Å². The molecule has 0 unspecified atom stereocenters. The summed E-state index contributed by atoms with van der Waals surface area (Å²) >= 11 is 7.99. The van der Waals surface area contributed by atoms with E-state index < -0.39 is 0 Å². The van der Waals surface area contributed by atoms with Crippen LogP contribution in [0.15, 0.2) is 24.3 Å². The van der Waals surface area contributed by atoms with Gasteiger partial charge in [-0.3, -0.25) is 0 Å². The van der Waals surface area contributed by atoms with Crippen LogP contribution in [0.25, 0.3) is 0 Å². The minimum absolute atomic E-state index is 0.570. The molecule has 2 aromatic rings. The molecule has 1 aliphatic rings. The van der Waals surface area contributed by atoms with Crippen molar-refractivity contribution in [2.75, 3.05) is 7.11 Å². The van der Waals surface area contributed by atoms with Gasteiger partial charge in [0.1, 0.15) is 0 Å². The van der Waals surface area contributed by atoms with Crippen molar-refractivity contribution >= 4 is 22.9 Å². The highest BCUT2D eigenvalue weighted by molar-refractivity contribution is 7.11. The van der Waals surface area contributed by atoms with Gasteiger partial charge >= 0.3 is 0 Å². The van der Waals surface area contributed by atoms with E-state index in [1.54, 1.807) is 18.4 Å². The topological polar surface area (TPSA) is 34.1 Å². The molecule has 1 N–H and O–H groups in total. The van der Waals surface area contributed by atoms with Gasteiger partial charge < -0.3 is 10.1 Å². The average molecular weight is 323 g/mol. The SMILES string of the molecule is COCc1nc(Cc2ccccc2Cl)sc1CNC1CC1. The molecular weight excluding hydrogens is 304 g/mol. The zero-order valence-electron chi connectivity index (χ0n) is 12.1. The van der Waals surface area contributed by atoms with Crippen molar-refractivity contribution in [2.45, 2.75) is 38.5 Å². The average Bonchev–Trinajstić information content (AvgIpc) is 3.23. The van der Waals surface area contributed by atoms with E-state index in [2.05, 4.69) is 11.4 Å². The van der Waals surface area contributed by atoms with E-state index >= 15 is 0 Å². The quantitative estimate of drug-likeness (QED) is 0.842. The third kappa shape index (κ3) is 4.04. The van der Waals surface area contributed by atoms with Crippen LogP contribution in [0.1, 0.15) is 34.0 Å². The van der Waals surface area contributed by atoms with Gasteiger partial charge in [-0.1, -0.05) is 29.8 Å². The molecule has 1 fully saturated rings. The number of rotatable bonds is 7. The molecule has 0 spiro atoms. The summed E-state index contributed by atoms with van der Waals surface area (Å²) < 4.78 is 5.27. The number of nitrogens with one attached hydrogen (secondary N) is 1. The summed E-state index contributed by atoms with van der Waals surface area (Å²) in [5.74, 6) is 0. The number of ether oxygens (including phenoxy) is 1. The fourth-order valence-electron chi connectivity index (χ4n) is 2.23. The second-order valence-electron chi connectivity index (χ2n) is 5.33. The lowest BCUT2D eigenvalue weighted by atomic mass is 10.1. The maximum absolute atomic E-state index is 6.23. The monoisotopic (exact) mass is 322 g/mol. The Morgan fingerprint density at radius 2 is 2.19 bits per heavy atom. The number of hydrogen-bond donors (Lipinski definition) is 1. The lowest BCUT2D eigenvalue weighted by molar-refractivity contribution is 0.181. The normalized spacial score (nSPS) is 14.6. The van der Waals surface area contributed by atoms with Gasteiger partial charge in [0, 0.05) is 36.0 Å². The van der Waals surface area contributed by atoms with Gasteiger partial charge in [-0.25, -0.2) is 4.98 Å². The Labute approximate surface area is 134 Å². The molecule has 0 radical (unpaired) electrons. The Morgan fingerprint density at radius 1 is 1.38 bits per heavy atom. The van der Waals surface area contributed by atoms with Crippen LogP contribution in [0, 0.1) is 0 Å². The molecule has 112 valence electrons. The number of aromatic nitrogens is 1. The van der Waals surface area contributed by atoms with Crippen molar-refractivity contribution in [3.63, 3.8) is 0 Å². The molecule has 21 heavy (non-hydrogen) atoms. The molecule has 0 aliphatic heterocycles. The number of hydrogen-bond acceptors (Lipinski definition) is 4. The molecule has 1 aliphatic carbocycles. The smallest absolute Gasteiger partial charge is 0.0977 e. The van der Waals surface area contributed by atoms with E-state index in [1.807, 2.05) is 18.2 Å². The zero-order chi connectivity index (χ0) is 14.7. The highest BCUT2D eigenvalue weighted by atomic mass is 35.5. The third-order valence-corrected chi connectivity index (χ3v) is 5.00. The van der Waals surface area contributed by atoms with E-state index in [0.29, 0.717) is 12.6 Å². The van der Waals surface area contributed by atoms with Crippen molar-refractivity contribution in [1.29, 1.82) is 0 Å². The molecule has 0 saturated heterocycles. The van der Waals surface area contributed by atoms with Crippen LogP contribution < -0.4 is 5.32 Å². The number of methoxy groups -OCH3 is 1. The van der Waals surface area contributed by atoms with Crippen LogP contribution in [0.5, 0.6) is 0 Å². The summed E-state index contributed by atoms with van der Waals surface area (Å²) in [6, 6.07) is 8.66. The molecule has 0 bridgehead atoms. The summed E-state index contributed by atoms with van der Waals surface area (Å²) in [6.45, 7) is 1.46. The standard InChI is InChI=1S/C16H19ClN2OS/c1-20-10-14-15(9-18-12-6-7-12)21-16(19-14)8-11-4-2-3-5-13(11)17/h2-5,12,18H,6-10H2,1H3. The maximum atomic E-state index is 6.23. The Kier molecular flexibility index (Phi) is 4.91. The number of benzene rings is 1. The first-order valence-corrected chi connectivity index (χ1v) is 8.39. The number of halogens is 1. The van der Waals surface area contributed by atoms with E-state index in [-0.39, 0.29) is 0 Å². The Balaban J connectivity index is 1.74. The highest BCUT2D eigenvalue weighted by Crippen LogP contribution is 2.26. The van der Waals surface area contributed by atoms with Crippen molar-refractivity contribution < 1.29 is 4.74 Å². The Morgan fingerprint density at radius 3 is 2.90 bits per heavy atom. The first-order chi connectivity index (χ1) is 10.3. The van der Waals surface area contributed by atoms with Crippen molar-refractivity contribution in [3.8, 4) is 0 Å². The fourth-order valence-corrected chi connectivity index (χ4v) is 3.48. The van der Waals surface area contributed by atoms with Gasteiger partial charge in [-0.2, -0.15) is 0 Å². The molecule has 1 heterocycles. The van der Waals surface area contributed by atoms with Gasteiger partial charge in [0.25, 0.3) is 0 Å². The molecule has 0 amide bonds. The van der Waals surface area contributed by atoms with E-state index in [1.165, 1.54) is 17.7 Å². The van der Waals surface area contributed by atoms with Gasteiger partial charge in [-0.15, -0.1) is 11.3 Å². The van der Waals surface area contributed by atoms with Crippen LogP contribution >= 0.6 is 22.9 Å². The van der Waals surface area contributed by atoms with E-state index in [4.69, 9.17) is 21.3 Å². The fraction of sp³-hybridized carbons (Fsp3) is 0.438. The molecule has 1 saturated carbocycles. The first-order valence-electron chi connectivity index (χ1n) is 7.19. The van der Waals surface area contributed by atoms with Crippen molar-refractivity contribution in [2.24, 2.45) is 0 Å². The molecule has 3 rings (SSSR count). The second kappa shape index (κ2) is 6.88. The summed E-state index contributed by atoms with van der Waals surface area (Å²) in [5.41, 5.74) is 2.18. The molecule has 0 atom stereocenters. The Hall–Kier alpha value is -0.940. The van der Waals surface area contributed by atoms with Gasteiger partial charge in [0.15, 0.2) is 0 Å². The van der Waals surface area contributed by atoms with Crippen molar-refractivity contribution in [3.05, 3.63) is 50.4 Å². The van der Waals surface area contributed by atoms with E-state index in [9.17, 15) is 0 Å². The van der Waals surface area contributed by atoms with Crippen LogP contribution in [0.2, 0.25) is 5.02 Å². The lowest BCUT2D eigenvalue weighted by Gasteiger charge is -2.02. The minimum Gasteiger partial charge on any atom is -0.378 e. The first kappa shape index (κ1) is 15.0. The summed E-state index contributed by atoms with van der Waals surface area (Å²) in [6.07, 6.45) is 3.38. The van der Waals surface area contributed by atoms with Crippen LogP contribution in [0.4, 0.5) is 0 Å². The lowest BCUT2D eigenvalue weighted by Crippen LogP contribution is -2.15. The predicted molar refractivity (Wildman–Crippen MR) is 86.9 cm³/mol. The second-order valence-corrected chi connectivity index (χ2v) is 6.91. The predicted octanol–water partition coefficient (Wildman–Crippen LogP) is 3.79. The van der Waals surface area contributed by atoms with E-state index in [0.717, 1.165) is 34.3 Å². The molecule has 1 aromatic heterocycles. The van der Waals surface area contributed by atoms with Crippen LogP contribution in [-0.4, -0.2) is 18.1 Å². The molecule has 1 aromatic carbocycles. The van der Waals surface area contributed by atoms with Gasteiger partial charge in [-0.05, 0) is 24.5 Å². The summed E-state index contributed by atoms with van der Waals surface area (Å²) in [4.78, 5) is 6.01. The number of nitrogens with zero attached hydrogens (tertiary/aromatic N) is 1. The van der Waals surface area contributed by atoms with Crippen LogP contribution in [-0.2, 0) is 24.3 Å². The van der Waals surface area contributed by atoms with Gasteiger partial charge in [0.2, 0.25) is 0 Å². The third-order valence-electron chi connectivity index (χ3n) is 3.53.